The molecule has 1 aromatic heterocycles. The molecule has 1 unspecified atom stereocenters. The van der Waals surface area contributed by atoms with E-state index in [9.17, 15) is 19.5 Å². The molecule has 130 valence electrons. The van der Waals surface area contributed by atoms with Crippen LogP contribution in [-0.4, -0.2) is 62.9 Å². The summed E-state index contributed by atoms with van der Waals surface area (Å²) < 4.78 is 1.81. The minimum Gasteiger partial charge on any atom is -0.480 e. The van der Waals surface area contributed by atoms with Gasteiger partial charge < -0.3 is 19.5 Å². The molecule has 2 amide bonds. The standard InChI is InChI=1S/C17H23N3O4/c1-12(21)20-11-17(10-14(20)16(23)24)5-8-19(9-6-17)15(22)13-4-3-7-18(13)2/h3-4,7,14H,5-6,8-11H2,1-2H3,(H,23,24). The fraction of sp³-hybridized carbons (Fsp3) is 0.588. The lowest BCUT2D eigenvalue weighted by molar-refractivity contribution is -0.147. The number of aryl methyl sites for hydroxylation is 1. The number of rotatable bonds is 2. The molecule has 2 aliphatic heterocycles. The predicted molar refractivity (Wildman–Crippen MR) is 86.4 cm³/mol. The summed E-state index contributed by atoms with van der Waals surface area (Å²) in [4.78, 5) is 39.1. The second kappa shape index (κ2) is 5.96. The van der Waals surface area contributed by atoms with Crippen LogP contribution in [0.15, 0.2) is 18.3 Å². The lowest BCUT2D eigenvalue weighted by Crippen LogP contribution is -2.45. The second-order valence-electron chi connectivity index (χ2n) is 7.00. The Labute approximate surface area is 140 Å². The third-order valence-corrected chi connectivity index (χ3v) is 5.47. The van der Waals surface area contributed by atoms with E-state index < -0.39 is 12.0 Å². The van der Waals surface area contributed by atoms with Crippen molar-refractivity contribution >= 4 is 17.8 Å². The number of piperidine rings is 1. The molecule has 3 heterocycles. The van der Waals surface area contributed by atoms with Gasteiger partial charge in [-0.2, -0.15) is 0 Å². The summed E-state index contributed by atoms with van der Waals surface area (Å²) >= 11 is 0. The Morgan fingerprint density at radius 3 is 2.38 bits per heavy atom. The van der Waals surface area contributed by atoms with E-state index in [-0.39, 0.29) is 17.2 Å². The highest BCUT2D eigenvalue weighted by molar-refractivity contribution is 5.92. The summed E-state index contributed by atoms with van der Waals surface area (Å²) in [7, 11) is 1.85. The number of aromatic nitrogens is 1. The van der Waals surface area contributed by atoms with Gasteiger partial charge in [0.25, 0.3) is 5.91 Å². The van der Waals surface area contributed by atoms with E-state index in [1.165, 1.54) is 11.8 Å². The predicted octanol–water partition coefficient (Wildman–Crippen LogP) is 0.953. The van der Waals surface area contributed by atoms with Crippen LogP contribution >= 0.6 is 0 Å². The zero-order chi connectivity index (χ0) is 17.5. The molecule has 7 heteroatoms. The van der Waals surface area contributed by atoms with Gasteiger partial charge in [0.1, 0.15) is 11.7 Å². The third-order valence-electron chi connectivity index (χ3n) is 5.47. The number of nitrogens with zero attached hydrogens (tertiary/aromatic N) is 3. The molecule has 24 heavy (non-hydrogen) atoms. The zero-order valence-electron chi connectivity index (χ0n) is 14.1. The normalized spacial score (nSPS) is 22.8. The van der Waals surface area contributed by atoms with E-state index in [1.807, 2.05) is 24.2 Å². The van der Waals surface area contributed by atoms with Gasteiger partial charge in [0, 0.05) is 39.8 Å². The SMILES string of the molecule is CC(=O)N1CC2(CCN(C(=O)c3cccn3C)CC2)CC1C(=O)O. The van der Waals surface area contributed by atoms with Gasteiger partial charge in [-0.05, 0) is 36.8 Å². The van der Waals surface area contributed by atoms with Gasteiger partial charge in [-0.25, -0.2) is 4.79 Å². The molecule has 0 aromatic carbocycles. The van der Waals surface area contributed by atoms with Crippen molar-refractivity contribution in [3.8, 4) is 0 Å². The fourth-order valence-corrected chi connectivity index (χ4v) is 4.00. The molecule has 3 rings (SSSR count). The monoisotopic (exact) mass is 333 g/mol. The van der Waals surface area contributed by atoms with E-state index in [0.717, 1.165) is 12.8 Å². The van der Waals surface area contributed by atoms with Gasteiger partial charge in [-0.15, -0.1) is 0 Å². The van der Waals surface area contributed by atoms with Crippen molar-refractivity contribution in [1.82, 2.24) is 14.4 Å². The number of carbonyl (C=O) groups is 3. The van der Waals surface area contributed by atoms with Gasteiger partial charge in [-0.3, -0.25) is 9.59 Å². The summed E-state index contributed by atoms with van der Waals surface area (Å²) in [5.41, 5.74) is 0.478. The van der Waals surface area contributed by atoms with Crippen LogP contribution in [0.3, 0.4) is 0 Å². The molecule has 1 atom stereocenters. The molecule has 2 aliphatic rings. The van der Waals surface area contributed by atoms with Crippen LogP contribution in [0, 0.1) is 5.41 Å². The maximum absolute atomic E-state index is 12.6. The average molecular weight is 333 g/mol. The lowest BCUT2D eigenvalue weighted by atomic mass is 9.76. The number of carboxylic acid groups (broad SMARTS) is 1. The van der Waals surface area contributed by atoms with Crippen molar-refractivity contribution in [2.24, 2.45) is 12.5 Å². The largest absolute Gasteiger partial charge is 0.480 e. The Kier molecular flexibility index (Phi) is 4.11. The molecule has 7 nitrogen and oxygen atoms in total. The highest BCUT2D eigenvalue weighted by atomic mass is 16.4. The van der Waals surface area contributed by atoms with Gasteiger partial charge in [0.15, 0.2) is 0 Å². The Balaban J connectivity index is 1.69. The Morgan fingerprint density at radius 1 is 1.25 bits per heavy atom. The molecule has 2 saturated heterocycles. The minimum absolute atomic E-state index is 0.00792. The van der Waals surface area contributed by atoms with E-state index in [4.69, 9.17) is 0 Å². The van der Waals surface area contributed by atoms with E-state index in [0.29, 0.717) is 31.7 Å². The van der Waals surface area contributed by atoms with Crippen LogP contribution in [0.1, 0.15) is 36.7 Å². The zero-order valence-corrected chi connectivity index (χ0v) is 14.1. The molecule has 1 N–H and O–H groups in total. The minimum atomic E-state index is -0.940. The maximum atomic E-state index is 12.6. The lowest BCUT2D eigenvalue weighted by Gasteiger charge is -2.39. The summed E-state index contributed by atoms with van der Waals surface area (Å²) in [6, 6.07) is 2.91. The summed E-state index contributed by atoms with van der Waals surface area (Å²) in [6.45, 7) is 3.10. The Morgan fingerprint density at radius 2 is 1.92 bits per heavy atom. The van der Waals surface area contributed by atoms with Crippen LogP contribution < -0.4 is 0 Å². The first kappa shape index (κ1) is 16.5. The molecular weight excluding hydrogens is 310 g/mol. The number of likely N-dealkylation sites (tertiary alicyclic amines) is 2. The summed E-state index contributed by atoms with van der Waals surface area (Å²) in [5, 5.41) is 9.38. The number of hydrogen-bond acceptors (Lipinski definition) is 3. The Bertz CT molecular complexity index is 649. The van der Waals surface area contributed by atoms with Crippen LogP contribution in [0.5, 0.6) is 0 Å². The number of amides is 2. The second-order valence-corrected chi connectivity index (χ2v) is 7.00. The van der Waals surface area contributed by atoms with Crippen molar-refractivity contribution in [2.45, 2.75) is 32.2 Å². The number of hydrogen-bond donors (Lipinski definition) is 1. The van der Waals surface area contributed by atoms with Gasteiger partial charge in [0.05, 0.1) is 0 Å². The smallest absolute Gasteiger partial charge is 0.326 e. The summed E-state index contributed by atoms with van der Waals surface area (Å²) in [5.74, 6) is -1.13. The highest BCUT2D eigenvalue weighted by Crippen LogP contribution is 2.43. The maximum Gasteiger partial charge on any atom is 0.326 e. The molecule has 0 radical (unpaired) electrons. The molecule has 0 aliphatic carbocycles. The quantitative estimate of drug-likeness (QED) is 0.874. The van der Waals surface area contributed by atoms with Gasteiger partial charge >= 0.3 is 5.97 Å². The first-order valence-electron chi connectivity index (χ1n) is 8.24. The first-order chi connectivity index (χ1) is 11.3. The van der Waals surface area contributed by atoms with Crippen LogP contribution in [0.2, 0.25) is 0 Å². The van der Waals surface area contributed by atoms with Gasteiger partial charge in [0.2, 0.25) is 5.91 Å². The highest BCUT2D eigenvalue weighted by Gasteiger charge is 2.49. The topological polar surface area (TPSA) is 82.9 Å². The van der Waals surface area contributed by atoms with Gasteiger partial charge in [-0.1, -0.05) is 0 Å². The molecule has 1 aromatic rings. The fourth-order valence-electron chi connectivity index (χ4n) is 4.00. The van der Waals surface area contributed by atoms with Crippen molar-refractivity contribution in [2.75, 3.05) is 19.6 Å². The number of aliphatic carboxylic acids is 1. The van der Waals surface area contributed by atoms with E-state index in [2.05, 4.69) is 0 Å². The Hall–Kier alpha value is -2.31. The average Bonchev–Trinajstić information content (AvgIpc) is 3.12. The van der Waals surface area contributed by atoms with E-state index in [1.54, 1.807) is 10.6 Å². The van der Waals surface area contributed by atoms with Crippen molar-refractivity contribution < 1.29 is 19.5 Å². The van der Waals surface area contributed by atoms with Crippen LogP contribution in [-0.2, 0) is 16.6 Å². The van der Waals surface area contributed by atoms with Crippen LogP contribution in [0.25, 0.3) is 0 Å². The first-order valence-corrected chi connectivity index (χ1v) is 8.24. The van der Waals surface area contributed by atoms with Crippen molar-refractivity contribution in [1.29, 1.82) is 0 Å². The molecule has 1 spiro atoms. The number of carbonyl (C=O) groups excluding carboxylic acids is 2. The van der Waals surface area contributed by atoms with E-state index >= 15 is 0 Å². The molecule has 2 fully saturated rings. The number of carboxylic acids is 1. The van der Waals surface area contributed by atoms with Crippen molar-refractivity contribution in [3.05, 3.63) is 24.0 Å². The third kappa shape index (κ3) is 2.79. The van der Waals surface area contributed by atoms with Crippen molar-refractivity contribution in [3.63, 3.8) is 0 Å². The van der Waals surface area contributed by atoms with Crippen LogP contribution in [0.4, 0.5) is 0 Å². The summed E-state index contributed by atoms with van der Waals surface area (Å²) in [6.07, 6.45) is 3.79. The molecule has 0 saturated carbocycles. The molecular formula is C17H23N3O4. The molecule has 0 bridgehead atoms.